The lowest BCUT2D eigenvalue weighted by atomic mass is 10.0. The van der Waals surface area contributed by atoms with Crippen LogP contribution in [0.4, 0.5) is 5.69 Å². The fraction of sp³-hybridized carbons (Fsp3) is 0.538. The quantitative estimate of drug-likeness (QED) is 0.895. The van der Waals surface area contributed by atoms with Crippen molar-refractivity contribution in [2.45, 2.75) is 13.0 Å². The van der Waals surface area contributed by atoms with Crippen molar-refractivity contribution >= 4 is 17.4 Å². The minimum absolute atomic E-state index is 0.00395. The number of nitrogens with two attached hydrogens (primary N) is 1. The molecule has 4 heteroatoms. The number of methoxy groups -OCH3 is 1. The third-order valence-electron chi connectivity index (χ3n) is 3.07. The van der Waals surface area contributed by atoms with Crippen LogP contribution in [0.25, 0.3) is 0 Å². The van der Waals surface area contributed by atoms with Gasteiger partial charge in [0.1, 0.15) is 5.75 Å². The van der Waals surface area contributed by atoms with Crippen molar-refractivity contribution in [3.63, 3.8) is 0 Å². The second-order valence-corrected chi connectivity index (χ2v) is 5.51. The van der Waals surface area contributed by atoms with Crippen LogP contribution in [0.5, 0.6) is 5.75 Å². The minimum atomic E-state index is -0.00395. The van der Waals surface area contributed by atoms with Crippen LogP contribution in [-0.4, -0.2) is 31.7 Å². The molecule has 1 aromatic carbocycles. The molecule has 0 amide bonds. The summed E-state index contributed by atoms with van der Waals surface area (Å²) in [6.45, 7) is 4.20. The molecular weight excluding hydrogens is 232 g/mol. The monoisotopic (exact) mass is 252 g/mol. The summed E-state index contributed by atoms with van der Waals surface area (Å²) in [6, 6.07) is 6.18. The molecule has 1 heterocycles. The van der Waals surface area contributed by atoms with Crippen LogP contribution in [0.1, 0.15) is 18.5 Å². The van der Waals surface area contributed by atoms with E-state index in [9.17, 15) is 0 Å². The van der Waals surface area contributed by atoms with Crippen molar-refractivity contribution in [3.05, 3.63) is 23.8 Å². The molecule has 1 atom stereocenters. The Labute approximate surface area is 107 Å². The summed E-state index contributed by atoms with van der Waals surface area (Å²) in [5.41, 5.74) is 8.45. The highest BCUT2D eigenvalue weighted by molar-refractivity contribution is 7.99. The molecule has 0 aliphatic carbocycles. The van der Waals surface area contributed by atoms with Crippen LogP contribution in [-0.2, 0) is 0 Å². The molecule has 3 nitrogen and oxygen atoms in total. The number of rotatable bonds is 3. The molecule has 1 aliphatic rings. The largest absolute Gasteiger partial charge is 0.496 e. The zero-order valence-electron chi connectivity index (χ0n) is 10.5. The number of benzene rings is 1. The van der Waals surface area contributed by atoms with Gasteiger partial charge in [-0.05, 0) is 19.1 Å². The Kier molecular flexibility index (Phi) is 4.18. The van der Waals surface area contributed by atoms with Crippen LogP contribution in [0.3, 0.4) is 0 Å². The van der Waals surface area contributed by atoms with Gasteiger partial charge in [-0.25, -0.2) is 0 Å². The van der Waals surface area contributed by atoms with Crippen LogP contribution >= 0.6 is 11.8 Å². The topological polar surface area (TPSA) is 38.5 Å². The molecule has 0 aromatic heterocycles. The van der Waals surface area contributed by atoms with Crippen LogP contribution in [0.15, 0.2) is 18.2 Å². The fourth-order valence-electron chi connectivity index (χ4n) is 2.25. The maximum Gasteiger partial charge on any atom is 0.125 e. The Hall–Kier alpha value is -0.870. The number of hydrogen-bond donors (Lipinski definition) is 1. The van der Waals surface area contributed by atoms with Crippen LogP contribution < -0.4 is 15.4 Å². The van der Waals surface area contributed by atoms with Gasteiger partial charge in [0, 0.05) is 41.9 Å². The van der Waals surface area contributed by atoms with Crippen molar-refractivity contribution < 1.29 is 4.74 Å². The Morgan fingerprint density at radius 3 is 2.65 bits per heavy atom. The summed E-state index contributed by atoms with van der Waals surface area (Å²) in [7, 11) is 1.71. The maximum absolute atomic E-state index is 6.09. The van der Waals surface area contributed by atoms with Gasteiger partial charge in [-0.15, -0.1) is 0 Å². The number of nitrogens with zero attached hydrogens (tertiary/aromatic N) is 1. The number of hydrogen-bond acceptors (Lipinski definition) is 4. The van der Waals surface area contributed by atoms with Gasteiger partial charge >= 0.3 is 0 Å². The lowest BCUT2D eigenvalue weighted by Crippen LogP contribution is -2.33. The van der Waals surface area contributed by atoms with Crippen molar-refractivity contribution in [1.82, 2.24) is 0 Å². The third-order valence-corrected chi connectivity index (χ3v) is 4.01. The van der Waals surface area contributed by atoms with Gasteiger partial charge in [0.2, 0.25) is 0 Å². The van der Waals surface area contributed by atoms with Crippen molar-refractivity contribution in [2.24, 2.45) is 5.73 Å². The maximum atomic E-state index is 6.09. The molecule has 1 aromatic rings. The van der Waals surface area contributed by atoms with E-state index in [4.69, 9.17) is 10.5 Å². The molecule has 2 N–H and O–H groups in total. The highest BCUT2D eigenvalue weighted by Crippen LogP contribution is 2.34. The van der Waals surface area contributed by atoms with Gasteiger partial charge in [0.25, 0.3) is 0 Å². The summed E-state index contributed by atoms with van der Waals surface area (Å²) >= 11 is 2.01. The average Bonchev–Trinajstić information content (AvgIpc) is 2.38. The van der Waals surface area contributed by atoms with E-state index >= 15 is 0 Å². The average molecular weight is 252 g/mol. The van der Waals surface area contributed by atoms with Gasteiger partial charge in [-0.1, -0.05) is 6.07 Å². The SMILES string of the molecule is COc1cccc(N2CCSCC2)c1[C@H](C)N. The molecule has 94 valence electrons. The first-order chi connectivity index (χ1) is 8.24. The van der Waals surface area contributed by atoms with Gasteiger partial charge in [-0.3, -0.25) is 0 Å². The molecule has 0 radical (unpaired) electrons. The molecule has 1 saturated heterocycles. The van der Waals surface area contributed by atoms with E-state index in [1.165, 1.54) is 17.2 Å². The van der Waals surface area contributed by atoms with E-state index in [1.54, 1.807) is 7.11 Å². The van der Waals surface area contributed by atoms with E-state index < -0.39 is 0 Å². The van der Waals surface area contributed by atoms with E-state index in [2.05, 4.69) is 11.0 Å². The molecule has 17 heavy (non-hydrogen) atoms. The molecule has 0 saturated carbocycles. The number of anilines is 1. The predicted octanol–water partition coefficient (Wildman–Crippen LogP) is 2.27. The molecular formula is C13H20N2OS. The highest BCUT2D eigenvalue weighted by atomic mass is 32.2. The Balaban J connectivity index is 2.37. The lowest BCUT2D eigenvalue weighted by Gasteiger charge is -2.31. The minimum Gasteiger partial charge on any atom is -0.496 e. The van der Waals surface area contributed by atoms with E-state index in [0.717, 1.165) is 24.4 Å². The second-order valence-electron chi connectivity index (χ2n) is 4.28. The third kappa shape index (κ3) is 2.69. The Morgan fingerprint density at radius 1 is 1.35 bits per heavy atom. The predicted molar refractivity (Wildman–Crippen MR) is 75.1 cm³/mol. The van der Waals surface area contributed by atoms with Gasteiger partial charge in [-0.2, -0.15) is 11.8 Å². The lowest BCUT2D eigenvalue weighted by molar-refractivity contribution is 0.407. The van der Waals surface area contributed by atoms with Crippen molar-refractivity contribution in [1.29, 1.82) is 0 Å². The van der Waals surface area contributed by atoms with Crippen molar-refractivity contribution in [2.75, 3.05) is 36.6 Å². The Morgan fingerprint density at radius 2 is 2.06 bits per heavy atom. The summed E-state index contributed by atoms with van der Waals surface area (Å²) in [4.78, 5) is 2.41. The van der Waals surface area contributed by atoms with Crippen molar-refractivity contribution in [3.8, 4) is 5.75 Å². The molecule has 2 rings (SSSR count). The van der Waals surface area contributed by atoms with Gasteiger partial charge in [0.15, 0.2) is 0 Å². The summed E-state index contributed by atoms with van der Waals surface area (Å²) < 4.78 is 5.43. The second kappa shape index (κ2) is 5.65. The van der Waals surface area contributed by atoms with E-state index in [1.807, 2.05) is 30.8 Å². The fourth-order valence-corrected chi connectivity index (χ4v) is 3.15. The van der Waals surface area contributed by atoms with E-state index in [-0.39, 0.29) is 6.04 Å². The van der Waals surface area contributed by atoms with Gasteiger partial charge < -0.3 is 15.4 Å². The molecule has 0 unspecified atom stereocenters. The Bertz CT molecular complexity index is 376. The zero-order chi connectivity index (χ0) is 12.3. The van der Waals surface area contributed by atoms with Crippen LogP contribution in [0.2, 0.25) is 0 Å². The molecule has 1 fully saturated rings. The summed E-state index contributed by atoms with van der Waals surface area (Å²) in [5, 5.41) is 0. The normalized spacial score (nSPS) is 17.9. The smallest absolute Gasteiger partial charge is 0.125 e. The first-order valence-electron chi connectivity index (χ1n) is 5.99. The number of thioether (sulfide) groups is 1. The van der Waals surface area contributed by atoms with E-state index in [0.29, 0.717) is 0 Å². The van der Waals surface area contributed by atoms with Gasteiger partial charge in [0.05, 0.1) is 7.11 Å². The molecule has 0 bridgehead atoms. The zero-order valence-corrected chi connectivity index (χ0v) is 11.3. The summed E-state index contributed by atoms with van der Waals surface area (Å²) in [5.74, 6) is 3.28. The standard InChI is InChI=1S/C13H20N2OS/c1-10(14)13-11(4-3-5-12(13)16-2)15-6-8-17-9-7-15/h3-5,10H,6-9,14H2,1-2H3/t10-/m0/s1. The summed E-state index contributed by atoms with van der Waals surface area (Å²) in [6.07, 6.45) is 0. The first kappa shape index (κ1) is 12.6. The molecule has 1 aliphatic heterocycles. The number of ether oxygens (including phenoxy) is 1. The first-order valence-corrected chi connectivity index (χ1v) is 7.14. The molecule has 0 spiro atoms. The van der Waals surface area contributed by atoms with Crippen LogP contribution in [0, 0.1) is 0 Å². The highest BCUT2D eigenvalue weighted by Gasteiger charge is 2.19.